The van der Waals surface area contributed by atoms with E-state index in [4.69, 9.17) is 0 Å². The van der Waals surface area contributed by atoms with Crippen LogP contribution in [-0.2, 0) is 11.4 Å². The van der Waals surface area contributed by atoms with Gasteiger partial charge in [-0.25, -0.2) is 4.39 Å². The van der Waals surface area contributed by atoms with Crippen molar-refractivity contribution in [3.05, 3.63) is 101 Å². The van der Waals surface area contributed by atoms with Crippen LogP contribution < -0.4 is 4.90 Å². The van der Waals surface area contributed by atoms with Crippen LogP contribution in [0.25, 0.3) is 11.1 Å². The van der Waals surface area contributed by atoms with Crippen molar-refractivity contribution >= 4 is 22.7 Å². The third-order valence-electron chi connectivity index (χ3n) is 4.76. The molecular weight excluding hydrogens is 341 g/mol. The van der Waals surface area contributed by atoms with Crippen molar-refractivity contribution < 1.29 is 14.3 Å². The number of aliphatic hydroxyl groups excluding tert-OH is 1. The van der Waals surface area contributed by atoms with Crippen LogP contribution >= 0.6 is 0 Å². The van der Waals surface area contributed by atoms with Crippen LogP contribution in [0.5, 0.6) is 0 Å². The van der Waals surface area contributed by atoms with E-state index >= 15 is 0 Å². The molecule has 1 heterocycles. The van der Waals surface area contributed by atoms with E-state index < -0.39 is 0 Å². The topological polar surface area (TPSA) is 40.5 Å². The first kappa shape index (κ1) is 17.2. The van der Waals surface area contributed by atoms with E-state index in [2.05, 4.69) is 0 Å². The van der Waals surface area contributed by atoms with Crippen LogP contribution in [0, 0.1) is 5.82 Å². The highest BCUT2D eigenvalue weighted by Crippen LogP contribution is 2.37. The molecule has 0 spiro atoms. The number of amides is 1. The standard InChI is InChI=1S/C23H18FNO2/c24-19-10-8-18(9-11-19)22-21(17-4-2-1-3-5-17)14-25(23(22)27)20-12-6-16(15-26)7-13-20/h1-13,26H,14-15H2. The average Bonchev–Trinajstić information content (AvgIpc) is 3.06. The molecule has 1 aliphatic heterocycles. The van der Waals surface area contributed by atoms with Crippen LogP contribution in [0.15, 0.2) is 78.9 Å². The Morgan fingerprint density at radius 1 is 0.852 bits per heavy atom. The number of rotatable bonds is 4. The van der Waals surface area contributed by atoms with Gasteiger partial charge in [0.15, 0.2) is 0 Å². The Morgan fingerprint density at radius 2 is 1.52 bits per heavy atom. The lowest BCUT2D eigenvalue weighted by molar-refractivity contribution is -0.112. The van der Waals surface area contributed by atoms with E-state index in [1.165, 1.54) is 12.1 Å². The summed E-state index contributed by atoms with van der Waals surface area (Å²) in [7, 11) is 0. The van der Waals surface area contributed by atoms with Crippen molar-refractivity contribution in [1.82, 2.24) is 0 Å². The fourth-order valence-electron chi connectivity index (χ4n) is 3.35. The number of carbonyl (C=O) groups is 1. The average molecular weight is 359 g/mol. The molecule has 0 radical (unpaired) electrons. The van der Waals surface area contributed by atoms with Gasteiger partial charge in [-0.1, -0.05) is 54.6 Å². The molecule has 0 saturated carbocycles. The molecule has 1 aliphatic rings. The van der Waals surface area contributed by atoms with Crippen molar-refractivity contribution in [3.63, 3.8) is 0 Å². The first-order valence-corrected chi connectivity index (χ1v) is 8.73. The minimum absolute atomic E-state index is 0.0391. The van der Waals surface area contributed by atoms with Gasteiger partial charge < -0.3 is 10.0 Å². The van der Waals surface area contributed by atoms with Crippen LogP contribution in [0.4, 0.5) is 10.1 Å². The third-order valence-corrected chi connectivity index (χ3v) is 4.76. The molecular formula is C23H18FNO2. The van der Waals surface area contributed by atoms with E-state index in [1.807, 2.05) is 42.5 Å². The van der Waals surface area contributed by atoms with Gasteiger partial charge in [0.2, 0.25) is 0 Å². The zero-order valence-corrected chi connectivity index (χ0v) is 14.6. The molecule has 0 aliphatic carbocycles. The Labute approximate surface area is 157 Å². The van der Waals surface area contributed by atoms with Gasteiger partial charge in [-0.15, -0.1) is 0 Å². The molecule has 1 amide bonds. The summed E-state index contributed by atoms with van der Waals surface area (Å²) in [4.78, 5) is 15.0. The van der Waals surface area contributed by atoms with Gasteiger partial charge in [-0.05, 0) is 46.5 Å². The first-order chi connectivity index (χ1) is 13.2. The van der Waals surface area contributed by atoms with Gasteiger partial charge in [0, 0.05) is 5.69 Å². The molecule has 0 bridgehead atoms. The Balaban J connectivity index is 1.79. The molecule has 4 rings (SSSR count). The SMILES string of the molecule is O=C1C(c2ccc(F)cc2)=C(c2ccccc2)CN1c1ccc(CO)cc1. The molecule has 134 valence electrons. The normalized spacial score (nSPS) is 14.1. The Bertz CT molecular complexity index is 993. The van der Waals surface area contributed by atoms with E-state index in [0.717, 1.165) is 22.4 Å². The maximum atomic E-state index is 13.4. The van der Waals surface area contributed by atoms with Crippen molar-refractivity contribution in [1.29, 1.82) is 0 Å². The van der Waals surface area contributed by atoms with Crippen molar-refractivity contribution in [2.75, 3.05) is 11.4 Å². The minimum atomic E-state index is -0.331. The highest BCUT2D eigenvalue weighted by molar-refractivity contribution is 6.36. The molecule has 3 aromatic rings. The zero-order valence-electron chi connectivity index (χ0n) is 14.6. The fourth-order valence-corrected chi connectivity index (χ4v) is 3.35. The second kappa shape index (κ2) is 7.17. The van der Waals surface area contributed by atoms with E-state index in [0.29, 0.717) is 17.7 Å². The van der Waals surface area contributed by atoms with Crippen molar-refractivity contribution in [2.24, 2.45) is 0 Å². The summed E-state index contributed by atoms with van der Waals surface area (Å²) < 4.78 is 13.4. The first-order valence-electron chi connectivity index (χ1n) is 8.73. The number of benzene rings is 3. The smallest absolute Gasteiger partial charge is 0.259 e. The molecule has 0 aromatic heterocycles. The lowest BCUT2D eigenvalue weighted by atomic mass is 9.97. The number of carbonyl (C=O) groups excluding carboxylic acids is 1. The van der Waals surface area contributed by atoms with Crippen LogP contribution in [0.3, 0.4) is 0 Å². The predicted octanol–water partition coefficient (Wildman–Crippen LogP) is 4.28. The van der Waals surface area contributed by atoms with Crippen LogP contribution in [-0.4, -0.2) is 17.6 Å². The summed E-state index contributed by atoms with van der Waals surface area (Å²) in [5, 5.41) is 9.23. The number of nitrogens with zero attached hydrogens (tertiary/aromatic N) is 1. The Morgan fingerprint density at radius 3 is 2.15 bits per heavy atom. The van der Waals surface area contributed by atoms with Crippen molar-refractivity contribution in [3.8, 4) is 0 Å². The molecule has 27 heavy (non-hydrogen) atoms. The fraction of sp³-hybridized carbons (Fsp3) is 0.0870. The third kappa shape index (κ3) is 3.27. The minimum Gasteiger partial charge on any atom is -0.392 e. The lowest BCUT2D eigenvalue weighted by Crippen LogP contribution is -2.26. The highest BCUT2D eigenvalue weighted by Gasteiger charge is 2.32. The quantitative estimate of drug-likeness (QED) is 0.755. The van der Waals surface area contributed by atoms with Crippen LogP contribution in [0.2, 0.25) is 0 Å². The van der Waals surface area contributed by atoms with Gasteiger partial charge in [0.1, 0.15) is 5.82 Å². The Hall–Kier alpha value is -3.24. The molecule has 0 atom stereocenters. The number of aliphatic hydroxyl groups is 1. The summed E-state index contributed by atoms with van der Waals surface area (Å²) in [5.74, 6) is -0.445. The van der Waals surface area contributed by atoms with Gasteiger partial charge in [0.05, 0.1) is 18.7 Å². The summed E-state index contributed by atoms with van der Waals surface area (Å²) in [6, 6.07) is 23.1. The predicted molar refractivity (Wildman–Crippen MR) is 104 cm³/mol. The maximum Gasteiger partial charge on any atom is 0.259 e. The summed E-state index contributed by atoms with van der Waals surface area (Å²) >= 11 is 0. The summed E-state index contributed by atoms with van der Waals surface area (Å²) in [5.41, 5.74) is 4.74. The van der Waals surface area contributed by atoms with Gasteiger partial charge in [0.25, 0.3) is 5.91 Å². The summed E-state index contributed by atoms with van der Waals surface area (Å²) in [6.07, 6.45) is 0. The summed E-state index contributed by atoms with van der Waals surface area (Å²) in [6.45, 7) is 0.399. The van der Waals surface area contributed by atoms with Crippen LogP contribution in [0.1, 0.15) is 16.7 Å². The number of hydrogen-bond donors (Lipinski definition) is 1. The van der Waals surface area contributed by atoms with Gasteiger partial charge in [-0.3, -0.25) is 4.79 Å². The molecule has 0 unspecified atom stereocenters. The number of halogens is 1. The molecule has 3 aromatic carbocycles. The molecule has 3 nitrogen and oxygen atoms in total. The van der Waals surface area contributed by atoms with Gasteiger partial charge >= 0.3 is 0 Å². The zero-order chi connectivity index (χ0) is 18.8. The van der Waals surface area contributed by atoms with Crippen molar-refractivity contribution in [2.45, 2.75) is 6.61 Å². The molecule has 1 N–H and O–H groups in total. The monoisotopic (exact) mass is 359 g/mol. The second-order valence-electron chi connectivity index (χ2n) is 6.44. The van der Waals surface area contributed by atoms with Gasteiger partial charge in [-0.2, -0.15) is 0 Å². The highest BCUT2D eigenvalue weighted by atomic mass is 19.1. The second-order valence-corrected chi connectivity index (χ2v) is 6.44. The van der Waals surface area contributed by atoms with E-state index in [1.54, 1.807) is 29.2 Å². The molecule has 4 heteroatoms. The molecule has 0 fully saturated rings. The maximum absolute atomic E-state index is 13.4. The van der Waals surface area contributed by atoms with E-state index in [9.17, 15) is 14.3 Å². The lowest BCUT2D eigenvalue weighted by Gasteiger charge is -2.17. The Kier molecular flexibility index (Phi) is 4.57. The van der Waals surface area contributed by atoms with E-state index in [-0.39, 0.29) is 18.3 Å². The largest absolute Gasteiger partial charge is 0.392 e. The number of hydrogen-bond acceptors (Lipinski definition) is 2. The number of anilines is 1. The molecule has 0 saturated heterocycles.